The summed E-state index contributed by atoms with van der Waals surface area (Å²) < 4.78 is 4.62. The monoisotopic (exact) mass is 336 g/mol. The molecule has 0 spiro atoms. The second kappa shape index (κ2) is 6.04. The maximum atomic E-state index is 10.9. The van der Waals surface area contributed by atoms with Crippen molar-refractivity contribution in [2.24, 2.45) is 0 Å². The van der Waals surface area contributed by atoms with Crippen molar-refractivity contribution >= 4 is 45.4 Å². The van der Waals surface area contributed by atoms with Crippen LogP contribution in [0.5, 0.6) is 0 Å². The van der Waals surface area contributed by atoms with E-state index in [1.807, 2.05) is 42.5 Å². The van der Waals surface area contributed by atoms with Gasteiger partial charge in [0.25, 0.3) is 0 Å². The molecule has 0 aliphatic carbocycles. The van der Waals surface area contributed by atoms with E-state index >= 15 is 0 Å². The molecule has 0 atom stereocenters. The van der Waals surface area contributed by atoms with Crippen molar-refractivity contribution in [1.82, 2.24) is 20.3 Å². The van der Waals surface area contributed by atoms with E-state index < -0.39 is 5.97 Å². The molecule has 0 aliphatic rings. The molecule has 0 unspecified atom stereocenters. The van der Waals surface area contributed by atoms with Gasteiger partial charge in [0.1, 0.15) is 6.54 Å². The highest BCUT2D eigenvalue weighted by molar-refractivity contribution is 5.96. The Balaban J connectivity index is 1.78. The van der Waals surface area contributed by atoms with Gasteiger partial charge in [0.2, 0.25) is 11.3 Å². The number of aromatic nitrogens is 4. The first-order valence-corrected chi connectivity index (χ1v) is 7.41. The lowest BCUT2D eigenvalue weighted by atomic mass is 10.1. The van der Waals surface area contributed by atoms with Crippen molar-refractivity contribution < 1.29 is 14.5 Å². The summed E-state index contributed by atoms with van der Waals surface area (Å²) in [7, 11) is 0. The largest absolute Gasteiger partial charge is 0.480 e. The SMILES string of the molecule is O=C(O)CNc1nc2nonc2nc1Nc1cccc2ccccc12. The Morgan fingerprint density at radius 1 is 1.00 bits per heavy atom. The lowest BCUT2D eigenvalue weighted by Crippen LogP contribution is -2.15. The lowest BCUT2D eigenvalue weighted by molar-refractivity contribution is -0.134. The van der Waals surface area contributed by atoms with E-state index in [4.69, 9.17) is 5.11 Å². The highest BCUT2D eigenvalue weighted by Gasteiger charge is 2.14. The molecule has 0 saturated heterocycles. The highest BCUT2D eigenvalue weighted by Crippen LogP contribution is 2.29. The van der Waals surface area contributed by atoms with Gasteiger partial charge < -0.3 is 15.7 Å². The molecule has 0 radical (unpaired) electrons. The number of carboxylic acids is 1. The fraction of sp³-hybridized carbons (Fsp3) is 0.0625. The molecule has 0 amide bonds. The van der Waals surface area contributed by atoms with E-state index in [-0.39, 0.29) is 23.7 Å². The molecule has 2 aromatic carbocycles. The molecule has 124 valence electrons. The van der Waals surface area contributed by atoms with Crippen LogP contribution in [0.2, 0.25) is 0 Å². The van der Waals surface area contributed by atoms with E-state index in [9.17, 15) is 4.79 Å². The summed E-state index contributed by atoms with van der Waals surface area (Å²) in [6.07, 6.45) is 0. The van der Waals surface area contributed by atoms with Gasteiger partial charge in [0, 0.05) is 11.1 Å². The fourth-order valence-electron chi connectivity index (χ4n) is 2.47. The van der Waals surface area contributed by atoms with Crippen molar-refractivity contribution in [3.63, 3.8) is 0 Å². The zero-order valence-electron chi connectivity index (χ0n) is 12.8. The van der Waals surface area contributed by atoms with E-state index in [1.165, 1.54) is 0 Å². The van der Waals surface area contributed by atoms with E-state index in [1.54, 1.807) is 0 Å². The molecule has 0 fully saturated rings. The number of nitrogens with zero attached hydrogens (tertiary/aromatic N) is 4. The number of hydrogen-bond donors (Lipinski definition) is 3. The van der Waals surface area contributed by atoms with Gasteiger partial charge >= 0.3 is 5.97 Å². The maximum absolute atomic E-state index is 10.9. The number of anilines is 3. The first-order valence-electron chi connectivity index (χ1n) is 7.41. The second-order valence-electron chi connectivity index (χ2n) is 5.23. The molecular weight excluding hydrogens is 324 g/mol. The minimum absolute atomic E-state index is 0.191. The van der Waals surface area contributed by atoms with E-state index in [2.05, 4.69) is 35.5 Å². The summed E-state index contributed by atoms with van der Waals surface area (Å²) in [5.74, 6) is -0.435. The third kappa shape index (κ3) is 2.90. The average molecular weight is 336 g/mol. The van der Waals surface area contributed by atoms with Gasteiger partial charge in [-0.2, -0.15) is 0 Å². The highest BCUT2D eigenvalue weighted by atomic mass is 16.6. The molecule has 25 heavy (non-hydrogen) atoms. The molecule has 0 saturated carbocycles. The Kier molecular flexibility index (Phi) is 3.58. The molecule has 2 heterocycles. The standard InChI is InChI=1S/C16H12N6O3/c23-12(24)8-17-13-14(20-16-15(19-13)21-25-22-16)18-11-7-3-5-9-4-1-2-6-10(9)11/h1-7H,8H2,(H,23,24)(H,17,19,21)(H,18,20,22). The van der Waals surface area contributed by atoms with Gasteiger partial charge in [0.05, 0.1) is 0 Å². The molecular formula is C16H12N6O3. The molecule has 2 aromatic heterocycles. The van der Waals surface area contributed by atoms with Gasteiger partial charge in [-0.3, -0.25) is 4.79 Å². The number of carboxylic acid groups (broad SMARTS) is 1. The number of carbonyl (C=O) groups is 1. The van der Waals surface area contributed by atoms with Crippen LogP contribution in [0.4, 0.5) is 17.3 Å². The number of hydrogen-bond acceptors (Lipinski definition) is 8. The Bertz CT molecular complexity index is 1070. The van der Waals surface area contributed by atoms with Gasteiger partial charge in [-0.15, -0.1) is 0 Å². The summed E-state index contributed by atoms with van der Waals surface area (Å²) in [6.45, 7) is -0.310. The predicted octanol–water partition coefficient (Wildman–Crippen LogP) is 2.41. The number of fused-ring (bicyclic) bond motifs is 2. The van der Waals surface area contributed by atoms with E-state index in [0.717, 1.165) is 16.5 Å². The third-order valence-electron chi connectivity index (χ3n) is 3.56. The van der Waals surface area contributed by atoms with Gasteiger partial charge in [-0.1, -0.05) is 36.4 Å². The lowest BCUT2D eigenvalue weighted by Gasteiger charge is -2.12. The van der Waals surface area contributed by atoms with Crippen LogP contribution in [0.25, 0.3) is 22.1 Å². The summed E-state index contributed by atoms with van der Waals surface area (Å²) in [4.78, 5) is 19.4. The van der Waals surface area contributed by atoms with Crippen molar-refractivity contribution in [2.75, 3.05) is 17.2 Å². The quantitative estimate of drug-likeness (QED) is 0.503. The van der Waals surface area contributed by atoms with Crippen molar-refractivity contribution in [3.8, 4) is 0 Å². The maximum Gasteiger partial charge on any atom is 0.322 e. The molecule has 0 aliphatic heterocycles. The Labute approximate surface area is 140 Å². The Morgan fingerprint density at radius 3 is 2.52 bits per heavy atom. The zero-order chi connectivity index (χ0) is 17.2. The number of rotatable bonds is 5. The van der Waals surface area contributed by atoms with Crippen LogP contribution in [0, 0.1) is 0 Å². The summed E-state index contributed by atoms with van der Waals surface area (Å²) in [5, 5.41) is 24.2. The Morgan fingerprint density at radius 2 is 1.72 bits per heavy atom. The van der Waals surface area contributed by atoms with E-state index in [0.29, 0.717) is 5.82 Å². The molecule has 9 nitrogen and oxygen atoms in total. The fourth-order valence-corrected chi connectivity index (χ4v) is 2.47. The minimum atomic E-state index is -1.02. The van der Waals surface area contributed by atoms with Crippen LogP contribution in [-0.4, -0.2) is 37.9 Å². The van der Waals surface area contributed by atoms with Crippen LogP contribution in [0.3, 0.4) is 0 Å². The molecule has 4 rings (SSSR count). The topological polar surface area (TPSA) is 126 Å². The van der Waals surface area contributed by atoms with Crippen molar-refractivity contribution in [1.29, 1.82) is 0 Å². The van der Waals surface area contributed by atoms with Crippen molar-refractivity contribution in [2.45, 2.75) is 0 Å². The van der Waals surface area contributed by atoms with Crippen molar-refractivity contribution in [3.05, 3.63) is 42.5 Å². The van der Waals surface area contributed by atoms with Gasteiger partial charge in [-0.05, 0) is 21.8 Å². The van der Waals surface area contributed by atoms with Crippen LogP contribution >= 0.6 is 0 Å². The normalized spacial score (nSPS) is 10.9. The molecule has 3 N–H and O–H groups in total. The number of nitrogens with one attached hydrogen (secondary N) is 2. The molecule has 4 aromatic rings. The number of benzene rings is 2. The smallest absolute Gasteiger partial charge is 0.322 e. The minimum Gasteiger partial charge on any atom is -0.480 e. The average Bonchev–Trinajstić information content (AvgIpc) is 3.07. The summed E-state index contributed by atoms with van der Waals surface area (Å²) in [5.41, 5.74) is 1.22. The van der Waals surface area contributed by atoms with Crippen LogP contribution in [0.15, 0.2) is 47.1 Å². The van der Waals surface area contributed by atoms with Gasteiger partial charge in [-0.25, -0.2) is 14.6 Å². The van der Waals surface area contributed by atoms with Gasteiger partial charge in [0.15, 0.2) is 11.6 Å². The molecule has 0 bridgehead atoms. The van der Waals surface area contributed by atoms with Crippen LogP contribution in [-0.2, 0) is 4.79 Å². The second-order valence-corrected chi connectivity index (χ2v) is 5.23. The zero-order valence-corrected chi connectivity index (χ0v) is 12.8. The summed E-state index contributed by atoms with van der Waals surface area (Å²) in [6, 6.07) is 13.7. The van der Waals surface area contributed by atoms with Crippen LogP contribution < -0.4 is 10.6 Å². The van der Waals surface area contributed by atoms with Crippen LogP contribution in [0.1, 0.15) is 0 Å². The third-order valence-corrected chi connectivity index (χ3v) is 3.56. The molecule has 9 heteroatoms. The number of aliphatic carboxylic acids is 1. The summed E-state index contributed by atoms with van der Waals surface area (Å²) >= 11 is 0. The predicted molar refractivity (Wildman–Crippen MR) is 90.8 cm³/mol. The first-order chi connectivity index (χ1) is 12.2. The first kappa shape index (κ1) is 14.8. The Hall–Kier alpha value is -3.75.